The van der Waals surface area contributed by atoms with E-state index in [4.69, 9.17) is 21.2 Å². The molecule has 0 radical (unpaired) electrons. The second kappa shape index (κ2) is 8.73. The Kier molecular flexibility index (Phi) is 6.34. The van der Waals surface area contributed by atoms with Crippen molar-refractivity contribution in [3.05, 3.63) is 40.3 Å². The lowest BCUT2D eigenvalue weighted by atomic mass is 9.81. The zero-order chi connectivity index (χ0) is 20.3. The van der Waals surface area contributed by atoms with E-state index in [2.05, 4.69) is 10.5 Å². The number of carbonyl (C=O) groups is 2. The van der Waals surface area contributed by atoms with Crippen LogP contribution in [-0.2, 0) is 4.79 Å². The molecule has 0 bridgehead atoms. The van der Waals surface area contributed by atoms with Crippen LogP contribution in [0.15, 0.2) is 22.7 Å². The Labute approximate surface area is 167 Å². The molecule has 8 heteroatoms. The van der Waals surface area contributed by atoms with Crippen molar-refractivity contribution in [3.63, 3.8) is 0 Å². The average Bonchev–Trinajstić information content (AvgIpc) is 3.02. The van der Waals surface area contributed by atoms with Crippen LogP contribution in [0.25, 0.3) is 11.3 Å². The van der Waals surface area contributed by atoms with Gasteiger partial charge in [-0.25, -0.2) is 4.39 Å². The predicted molar refractivity (Wildman–Crippen MR) is 102 cm³/mol. The fraction of sp³-hybridized carbons (Fsp3) is 0.450. The van der Waals surface area contributed by atoms with E-state index in [1.54, 1.807) is 6.92 Å². The van der Waals surface area contributed by atoms with Crippen LogP contribution in [0, 0.1) is 18.7 Å². The summed E-state index contributed by atoms with van der Waals surface area (Å²) in [6.07, 6.45) is 4.19. The van der Waals surface area contributed by atoms with Gasteiger partial charge in [-0.15, -0.1) is 0 Å². The molecule has 6 nitrogen and oxygen atoms in total. The summed E-state index contributed by atoms with van der Waals surface area (Å²) in [4.78, 5) is 23.9. The van der Waals surface area contributed by atoms with Gasteiger partial charge in [-0.2, -0.15) is 0 Å². The number of aliphatic carboxylic acids is 1. The van der Waals surface area contributed by atoms with E-state index in [9.17, 15) is 14.0 Å². The topological polar surface area (TPSA) is 92.4 Å². The number of aryl methyl sites for hydroxylation is 1. The van der Waals surface area contributed by atoms with E-state index in [-0.39, 0.29) is 40.3 Å². The third kappa shape index (κ3) is 4.35. The monoisotopic (exact) mass is 408 g/mol. The van der Waals surface area contributed by atoms with Crippen LogP contribution in [0.1, 0.15) is 54.6 Å². The maximum absolute atomic E-state index is 14.3. The summed E-state index contributed by atoms with van der Waals surface area (Å²) in [6, 6.07) is 4.09. The first kappa shape index (κ1) is 20.3. The largest absolute Gasteiger partial charge is 0.481 e. The quantitative estimate of drug-likeness (QED) is 0.728. The first-order valence-corrected chi connectivity index (χ1v) is 9.69. The summed E-state index contributed by atoms with van der Waals surface area (Å²) in [7, 11) is 0. The van der Waals surface area contributed by atoms with E-state index in [0.29, 0.717) is 12.1 Å². The maximum atomic E-state index is 14.3. The van der Waals surface area contributed by atoms with Gasteiger partial charge >= 0.3 is 5.97 Å². The summed E-state index contributed by atoms with van der Waals surface area (Å²) in [5.41, 5.74) is 0.486. The van der Waals surface area contributed by atoms with Gasteiger partial charge in [0.05, 0.1) is 16.3 Å². The molecule has 0 spiro atoms. The highest BCUT2D eigenvalue weighted by Gasteiger charge is 2.31. The van der Waals surface area contributed by atoms with Crippen LogP contribution in [0.2, 0.25) is 5.02 Å². The zero-order valence-corrected chi connectivity index (χ0v) is 16.3. The van der Waals surface area contributed by atoms with Gasteiger partial charge < -0.3 is 14.9 Å². The minimum atomic E-state index is -0.845. The van der Waals surface area contributed by atoms with Crippen molar-refractivity contribution in [1.82, 2.24) is 10.5 Å². The Morgan fingerprint density at radius 1 is 1.36 bits per heavy atom. The van der Waals surface area contributed by atoms with Gasteiger partial charge in [-0.3, -0.25) is 9.59 Å². The van der Waals surface area contributed by atoms with E-state index in [1.165, 1.54) is 18.2 Å². The van der Waals surface area contributed by atoms with Crippen LogP contribution in [0.5, 0.6) is 0 Å². The highest BCUT2D eigenvalue weighted by molar-refractivity contribution is 6.33. The van der Waals surface area contributed by atoms with Crippen molar-refractivity contribution < 1.29 is 23.6 Å². The number of carboxylic acids is 1. The van der Waals surface area contributed by atoms with Crippen molar-refractivity contribution in [2.24, 2.45) is 5.92 Å². The average molecular weight is 409 g/mol. The third-order valence-corrected chi connectivity index (χ3v) is 5.55. The number of amides is 1. The number of halogens is 2. The molecule has 1 aromatic carbocycles. The molecule has 2 aromatic rings. The van der Waals surface area contributed by atoms with Crippen molar-refractivity contribution in [2.45, 2.75) is 51.5 Å². The number of hydrogen-bond acceptors (Lipinski definition) is 4. The number of carboxylic acid groups (broad SMARTS) is 1. The molecular formula is C20H22ClFN2O4. The van der Waals surface area contributed by atoms with Gasteiger partial charge in [0.25, 0.3) is 5.91 Å². The molecule has 2 N–H and O–H groups in total. The number of hydrogen-bond donors (Lipinski definition) is 2. The molecule has 28 heavy (non-hydrogen) atoms. The van der Waals surface area contributed by atoms with Gasteiger partial charge in [-0.1, -0.05) is 35.7 Å². The lowest BCUT2D eigenvalue weighted by Gasteiger charge is -2.32. The normalized spacial score (nSPS) is 19.4. The number of benzene rings is 1. The Hall–Kier alpha value is -2.41. The molecule has 1 heterocycles. The number of carbonyl (C=O) groups excluding carboxylic acids is 1. The molecule has 150 valence electrons. The van der Waals surface area contributed by atoms with Crippen LogP contribution in [0.4, 0.5) is 4.39 Å². The molecule has 3 rings (SSSR count). The summed E-state index contributed by atoms with van der Waals surface area (Å²) in [6.45, 7) is 1.61. The number of nitrogens with zero attached hydrogens (tertiary/aromatic N) is 1. The fourth-order valence-electron chi connectivity index (χ4n) is 3.82. The summed E-state index contributed by atoms with van der Waals surface area (Å²) in [5.74, 6) is -1.78. The molecule has 0 saturated heterocycles. The first-order chi connectivity index (χ1) is 13.4. The smallest absolute Gasteiger partial charge is 0.303 e. The van der Waals surface area contributed by atoms with Crippen LogP contribution in [0.3, 0.4) is 0 Å². The number of aromatic nitrogens is 1. The molecule has 1 aliphatic rings. The SMILES string of the molecule is Cc1noc(-c2c(F)cccc2Cl)c1C(=O)NC1CCCCC1CCC(=O)O. The van der Waals surface area contributed by atoms with E-state index < -0.39 is 17.7 Å². The molecular weight excluding hydrogens is 387 g/mol. The minimum absolute atomic E-state index is 0.000915. The van der Waals surface area contributed by atoms with Crippen LogP contribution >= 0.6 is 11.6 Å². The van der Waals surface area contributed by atoms with Crippen molar-refractivity contribution in [1.29, 1.82) is 0 Å². The van der Waals surface area contributed by atoms with Gasteiger partial charge in [0.2, 0.25) is 0 Å². The Morgan fingerprint density at radius 2 is 2.11 bits per heavy atom. The highest BCUT2D eigenvalue weighted by atomic mass is 35.5. The molecule has 1 aromatic heterocycles. The Balaban J connectivity index is 1.85. The molecule has 2 atom stereocenters. The van der Waals surface area contributed by atoms with Crippen molar-refractivity contribution >= 4 is 23.5 Å². The summed E-state index contributed by atoms with van der Waals surface area (Å²) in [5, 5.41) is 15.9. The zero-order valence-electron chi connectivity index (χ0n) is 15.5. The predicted octanol–water partition coefficient (Wildman–Crippen LogP) is 4.60. The van der Waals surface area contributed by atoms with E-state index in [1.807, 2.05) is 0 Å². The van der Waals surface area contributed by atoms with Crippen LogP contribution < -0.4 is 5.32 Å². The maximum Gasteiger partial charge on any atom is 0.303 e. The molecule has 0 aliphatic heterocycles. The van der Waals surface area contributed by atoms with Crippen molar-refractivity contribution in [3.8, 4) is 11.3 Å². The molecule has 1 fully saturated rings. The fourth-order valence-corrected chi connectivity index (χ4v) is 4.06. The molecule has 1 saturated carbocycles. The highest BCUT2D eigenvalue weighted by Crippen LogP contribution is 2.35. The number of rotatable bonds is 6. The van der Waals surface area contributed by atoms with Crippen molar-refractivity contribution in [2.75, 3.05) is 0 Å². The molecule has 1 amide bonds. The molecule has 2 unspecified atom stereocenters. The Bertz CT molecular complexity index is 863. The summed E-state index contributed by atoms with van der Waals surface area (Å²) < 4.78 is 19.6. The van der Waals surface area contributed by atoms with E-state index >= 15 is 0 Å². The van der Waals surface area contributed by atoms with Gasteiger partial charge in [0.15, 0.2) is 5.76 Å². The van der Waals surface area contributed by atoms with Gasteiger partial charge in [0.1, 0.15) is 11.4 Å². The van der Waals surface area contributed by atoms with Gasteiger partial charge in [-0.05, 0) is 44.2 Å². The lowest BCUT2D eigenvalue weighted by Crippen LogP contribution is -2.42. The minimum Gasteiger partial charge on any atom is -0.481 e. The second-order valence-corrected chi connectivity index (χ2v) is 7.53. The van der Waals surface area contributed by atoms with Crippen LogP contribution in [-0.4, -0.2) is 28.2 Å². The van der Waals surface area contributed by atoms with Gasteiger partial charge in [0, 0.05) is 12.5 Å². The first-order valence-electron chi connectivity index (χ1n) is 9.31. The Morgan fingerprint density at radius 3 is 2.82 bits per heavy atom. The number of nitrogens with one attached hydrogen (secondary N) is 1. The summed E-state index contributed by atoms with van der Waals surface area (Å²) >= 11 is 6.12. The van der Waals surface area contributed by atoms with E-state index in [0.717, 1.165) is 25.7 Å². The standard InChI is InChI=1S/C20H22ClFN2O4/c1-11-17(19(28-24-11)18-13(21)6-4-7-14(18)22)20(27)23-15-8-3-2-5-12(15)9-10-16(25)26/h4,6-7,12,15H,2-3,5,8-10H2,1H3,(H,23,27)(H,25,26). The second-order valence-electron chi connectivity index (χ2n) is 7.13. The molecule has 1 aliphatic carbocycles. The third-order valence-electron chi connectivity index (χ3n) is 5.23. The lowest BCUT2D eigenvalue weighted by molar-refractivity contribution is -0.137.